The van der Waals surface area contributed by atoms with Crippen molar-refractivity contribution in [1.29, 1.82) is 0 Å². The van der Waals surface area contributed by atoms with Gasteiger partial charge in [-0.15, -0.1) is 23.1 Å². The van der Waals surface area contributed by atoms with Crippen molar-refractivity contribution >= 4 is 46.4 Å². The van der Waals surface area contributed by atoms with E-state index in [0.717, 1.165) is 5.75 Å². The van der Waals surface area contributed by atoms with Crippen molar-refractivity contribution in [2.75, 3.05) is 17.7 Å². The second-order valence-electron chi connectivity index (χ2n) is 5.14. The predicted molar refractivity (Wildman–Crippen MR) is 101 cm³/mol. The normalized spacial score (nSPS) is 10.3. The largest absolute Gasteiger partial charge is 0.457 e. The van der Waals surface area contributed by atoms with Crippen LogP contribution in [-0.4, -0.2) is 30.0 Å². The van der Waals surface area contributed by atoms with Gasteiger partial charge in [-0.1, -0.05) is 13.0 Å². The summed E-state index contributed by atoms with van der Waals surface area (Å²) in [7, 11) is 0. The molecule has 0 aliphatic carbocycles. The van der Waals surface area contributed by atoms with E-state index in [4.69, 9.17) is 4.74 Å². The SMILES string of the molecule is CCC(=O)Nc1ccc(C(=O)COC(=O)CSCc2cccs2)cc1. The van der Waals surface area contributed by atoms with Crippen LogP contribution in [0.15, 0.2) is 41.8 Å². The first-order valence-corrected chi connectivity index (χ1v) is 9.80. The number of anilines is 1. The number of benzene rings is 1. The number of Topliss-reactive ketones (excluding diaryl/α,β-unsaturated/α-hetero) is 1. The highest BCUT2D eigenvalue weighted by Crippen LogP contribution is 2.17. The van der Waals surface area contributed by atoms with Crippen molar-refractivity contribution in [3.63, 3.8) is 0 Å². The average molecular weight is 377 g/mol. The van der Waals surface area contributed by atoms with Crippen molar-refractivity contribution < 1.29 is 19.1 Å². The van der Waals surface area contributed by atoms with Gasteiger partial charge >= 0.3 is 5.97 Å². The van der Waals surface area contributed by atoms with Gasteiger partial charge in [0, 0.05) is 28.3 Å². The molecule has 1 aromatic carbocycles. The van der Waals surface area contributed by atoms with E-state index >= 15 is 0 Å². The fourth-order valence-corrected chi connectivity index (χ4v) is 3.55. The Morgan fingerprint density at radius 3 is 2.56 bits per heavy atom. The predicted octanol–water partition coefficient (Wildman–Crippen LogP) is 3.76. The molecule has 2 rings (SSSR count). The van der Waals surface area contributed by atoms with Crippen LogP contribution in [0.2, 0.25) is 0 Å². The molecule has 25 heavy (non-hydrogen) atoms. The average Bonchev–Trinajstić information content (AvgIpc) is 3.13. The number of carbonyl (C=O) groups is 3. The van der Waals surface area contributed by atoms with Crippen LogP contribution in [0.5, 0.6) is 0 Å². The maximum Gasteiger partial charge on any atom is 0.316 e. The van der Waals surface area contributed by atoms with Gasteiger partial charge in [0.15, 0.2) is 12.4 Å². The molecule has 0 atom stereocenters. The minimum atomic E-state index is -0.401. The Hall–Kier alpha value is -2.12. The molecule has 0 aliphatic heterocycles. The first-order chi connectivity index (χ1) is 12.1. The first-order valence-electron chi connectivity index (χ1n) is 7.77. The van der Waals surface area contributed by atoms with Gasteiger partial charge in [0.05, 0.1) is 5.75 Å². The number of ketones is 1. The highest BCUT2D eigenvalue weighted by molar-refractivity contribution is 7.99. The van der Waals surface area contributed by atoms with E-state index in [-0.39, 0.29) is 24.1 Å². The number of carbonyl (C=O) groups excluding carboxylic acids is 3. The molecular weight excluding hydrogens is 358 g/mol. The Morgan fingerprint density at radius 1 is 1.16 bits per heavy atom. The van der Waals surface area contributed by atoms with E-state index in [2.05, 4.69) is 5.32 Å². The van der Waals surface area contributed by atoms with Gasteiger partial charge in [-0.3, -0.25) is 14.4 Å². The van der Waals surface area contributed by atoms with Crippen LogP contribution in [0.3, 0.4) is 0 Å². The maximum atomic E-state index is 12.0. The van der Waals surface area contributed by atoms with Crippen molar-refractivity contribution in [2.24, 2.45) is 0 Å². The van der Waals surface area contributed by atoms with E-state index in [1.165, 1.54) is 16.6 Å². The van der Waals surface area contributed by atoms with Crippen molar-refractivity contribution in [1.82, 2.24) is 0 Å². The summed E-state index contributed by atoms with van der Waals surface area (Å²) in [5.41, 5.74) is 1.07. The molecule has 1 N–H and O–H groups in total. The van der Waals surface area contributed by atoms with Crippen molar-refractivity contribution in [3.05, 3.63) is 52.2 Å². The molecule has 7 heteroatoms. The number of nitrogens with one attached hydrogen (secondary N) is 1. The molecule has 0 unspecified atom stereocenters. The number of thiophene rings is 1. The lowest BCUT2D eigenvalue weighted by molar-refractivity contribution is -0.139. The smallest absolute Gasteiger partial charge is 0.316 e. The Kier molecular flexibility index (Phi) is 7.69. The van der Waals surface area contributed by atoms with E-state index in [1.807, 2.05) is 17.5 Å². The zero-order valence-corrected chi connectivity index (χ0v) is 15.5. The van der Waals surface area contributed by atoms with Crippen LogP contribution < -0.4 is 5.32 Å². The molecule has 1 heterocycles. The Bertz CT molecular complexity index is 711. The molecule has 1 amide bonds. The zero-order valence-electron chi connectivity index (χ0n) is 13.8. The summed E-state index contributed by atoms with van der Waals surface area (Å²) in [6.07, 6.45) is 0.390. The summed E-state index contributed by atoms with van der Waals surface area (Å²) in [6, 6.07) is 10.5. The molecule has 0 saturated carbocycles. The second kappa shape index (κ2) is 10.0. The molecule has 0 saturated heterocycles. The van der Waals surface area contributed by atoms with E-state index < -0.39 is 5.97 Å². The first kappa shape index (κ1) is 19.2. The molecule has 0 bridgehead atoms. The summed E-state index contributed by atoms with van der Waals surface area (Å²) in [4.78, 5) is 36.2. The van der Waals surface area contributed by atoms with Crippen molar-refractivity contribution in [2.45, 2.75) is 19.1 Å². The van der Waals surface area contributed by atoms with Crippen LogP contribution in [0, 0.1) is 0 Å². The van der Waals surface area contributed by atoms with Crippen LogP contribution in [0.1, 0.15) is 28.6 Å². The number of esters is 1. The molecule has 0 fully saturated rings. The van der Waals surface area contributed by atoms with E-state index in [9.17, 15) is 14.4 Å². The van der Waals surface area contributed by atoms with E-state index in [1.54, 1.807) is 42.5 Å². The molecule has 5 nitrogen and oxygen atoms in total. The van der Waals surface area contributed by atoms with E-state index in [0.29, 0.717) is 17.7 Å². The topological polar surface area (TPSA) is 72.5 Å². The lowest BCUT2D eigenvalue weighted by atomic mass is 10.1. The monoisotopic (exact) mass is 377 g/mol. The summed E-state index contributed by atoms with van der Waals surface area (Å²) >= 11 is 3.10. The zero-order chi connectivity index (χ0) is 18.1. The second-order valence-corrected chi connectivity index (χ2v) is 7.15. The third-order valence-corrected chi connectivity index (χ3v) is 5.23. The fraction of sp³-hybridized carbons (Fsp3) is 0.278. The molecule has 2 aromatic rings. The molecular formula is C18H19NO4S2. The standard InChI is InChI=1S/C18H19NO4S2/c1-2-17(21)19-14-7-5-13(6-8-14)16(20)10-23-18(22)12-24-11-15-4-3-9-25-15/h3-9H,2,10-12H2,1H3,(H,19,21). The van der Waals surface area contributed by atoms with Gasteiger partial charge < -0.3 is 10.1 Å². The van der Waals surface area contributed by atoms with Crippen LogP contribution in [-0.2, 0) is 20.1 Å². The Labute approximate surface area is 154 Å². The van der Waals surface area contributed by atoms with Crippen LogP contribution in [0.4, 0.5) is 5.69 Å². The van der Waals surface area contributed by atoms with Gasteiger partial charge in [0.2, 0.25) is 5.91 Å². The Morgan fingerprint density at radius 2 is 1.92 bits per heavy atom. The molecule has 132 valence electrons. The minimum absolute atomic E-state index is 0.0898. The summed E-state index contributed by atoms with van der Waals surface area (Å²) in [5, 5.41) is 4.70. The van der Waals surface area contributed by atoms with Crippen LogP contribution in [0.25, 0.3) is 0 Å². The van der Waals surface area contributed by atoms with Gasteiger partial charge in [-0.2, -0.15) is 0 Å². The van der Waals surface area contributed by atoms with Gasteiger partial charge in [-0.05, 0) is 35.7 Å². The lowest BCUT2D eigenvalue weighted by Crippen LogP contribution is -2.15. The minimum Gasteiger partial charge on any atom is -0.457 e. The fourth-order valence-electron chi connectivity index (χ4n) is 1.89. The highest BCUT2D eigenvalue weighted by atomic mass is 32.2. The number of thioether (sulfide) groups is 1. The van der Waals surface area contributed by atoms with Gasteiger partial charge in [0.25, 0.3) is 0 Å². The molecule has 1 aromatic heterocycles. The third kappa shape index (κ3) is 6.72. The molecule has 0 aliphatic rings. The van der Waals surface area contributed by atoms with Crippen LogP contribution >= 0.6 is 23.1 Å². The summed E-state index contributed by atoms with van der Waals surface area (Å²) < 4.78 is 5.01. The summed E-state index contributed by atoms with van der Waals surface area (Å²) in [5.74, 6) is 0.207. The number of ether oxygens (including phenoxy) is 1. The Balaban J connectivity index is 1.71. The summed E-state index contributed by atoms with van der Waals surface area (Å²) in [6.45, 7) is 1.49. The number of hydrogen-bond donors (Lipinski definition) is 1. The third-order valence-electron chi connectivity index (χ3n) is 3.22. The number of rotatable bonds is 9. The maximum absolute atomic E-state index is 12.0. The number of amides is 1. The number of hydrogen-bond acceptors (Lipinski definition) is 6. The molecule has 0 radical (unpaired) electrons. The highest BCUT2D eigenvalue weighted by Gasteiger charge is 2.10. The van der Waals surface area contributed by atoms with Gasteiger partial charge in [0.1, 0.15) is 0 Å². The lowest BCUT2D eigenvalue weighted by Gasteiger charge is -2.06. The quantitative estimate of drug-likeness (QED) is 0.532. The van der Waals surface area contributed by atoms with Crippen molar-refractivity contribution in [3.8, 4) is 0 Å². The molecule has 0 spiro atoms. The van der Waals surface area contributed by atoms with Gasteiger partial charge in [-0.25, -0.2) is 0 Å².